The molecule has 3 nitrogen and oxygen atoms in total. The highest BCUT2D eigenvalue weighted by atomic mass is 35.5. The fourth-order valence-corrected chi connectivity index (χ4v) is 2.23. The molecule has 1 heterocycles. The molecule has 1 aromatic heterocycles. The van der Waals surface area contributed by atoms with Gasteiger partial charge in [-0.25, -0.2) is 4.98 Å². The van der Waals surface area contributed by atoms with Gasteiger partial charge < -0.3 is 10.2 Å². The van der Waals surface area contributed by atoms with Crippen LogP contribution in [0.5, 0.6) is 0 Å². The summed E-state index contributed by atoms with van der Waals surface area (Å²) < 4.78 is 5.86. The number of nitrogens with zero attached hydrogens (tertiary/aromatic N) is 1. The molecular formula is C15H13ClN2O. The molecule has 0 unspecified atom stereocenters. The summed E-state index contributed by atoms with van der Waals surface area (Å²) in [6.45, 7) is 2.07. The van der Waals surface area contributed by atoms with Crippen LogP contribution in [-0.2, 0) is 6.42 Å². The summed E-state index contributed by atoms with van der Waals surface area (Å²) in [4.78, 5) is 4.49. The first-order chi connectivity index (χ1) is 9.17. The average molecular weight is 273 g/mol. The van der Waals surface area contributed by atoms with E-state index in [9.17, 15) is 0 Å². The lowest BCUT2D eigenvalue weighted by molar-refractivity contribution is 0.616. The predicted octanol–water partition coefficient (Wildman–Crippen LogP) is 4.29. The molecular weight excluding hydrogens is 260 g/mol. The van der Waals surface area contributed by atoms with Crippen LogP contribution in [0.4, 0.5) is 5.69 Å². The van der Waals surface area contributed by atoms with Gasteiger partial charge >= 0.3 is 0 Å². The van der Waals surface area contributed by atoms with Gasteiger partial charge in [-0.15, -0.1) is 0 Å². The number of anilines is 1. The molecule has 3 rings (SSSR count). The first-order valence-corrected chi connectivity index (χ1v) is 6.50. The Bertz CT molecular complexity index is 732. The molecule has 0 amide bonds. The molecule has 96 valence electrons. The highest BCUT2D eigenvalue weighted by Gasteiger charge is 2.11. The predicted molar refractivity (Wildman–Crippen MR) is 78.2 cm³/mol. The van der Waals surface area contributed by atoms with Crippen LogP contribution >= 0.6 is 11.6 Å². The second kappa shape index (κ2) is 4.59. The van der Waals surface area contributed by atoms with Gasteiger partial charge in [-0.3, -0.25) is 0 Å². The zero-order valence-electron chi connectivity index (χ0n) is 10.5. The lowest BCUT2D eigenvalue weighted by atomic mass is 10.1. The number of benzene rings is 2. The van der Waals surface area contributed by atoms with E-state index in [1.54, 1.807) is 0 Å². The van der Waals surface area contributed by atoms with E-state index in [-0.39, 0.29) is 0 Å². The first kappa shape index (κ1) is 12.1. The van der Waals surface area contributed by atoms with Gasteiger partial charge in [0, 0.05) is 16.3 Å². The minimum absolute atomic E-state index is 0.590. The largest absolute Gasteiger partial charge is 0.436 e. The highest BCUT2D eigenvalue weighted by Crippen LogP contribution is 2.29. The molecule has 0 radical (unpaired) electrons. The molecule has 0 saturated carbocycles. The van der Waals surface area contributed by atoms with E-state index in [0.717, 1.165) is 28.6 Å². The van der Waals surface area contributed by atoms with Crippen molar-refractivity contribution in [1.29, 1.82) is 0 Å². The van der Waals surface area contributed by atoms with Crippen molar-refractivity contribution in [2.45, 2.75) is 13.3 Å². The van der Waals surface area contributed by atoms with Crippen LogP contribution < -0.4 is 5.73 Å². The minimum atomic E-state index is 0.590. The second-order valence-electron chi connectivity index (χ2n) is 4.41. The Morgan fingerprint density at radius 2 is 1.95 bits per heavy atom. The van der Waals surface area contributed by atoms with Crippen LogP contribution in [0.2, 0.25) is 5.02 Å². The zero-order chi connectivity index (χ0) is 13.4. The number of fused-ring (bicyclic) bond motifs is 1. The quantitative estimate of drug-likeness (QED) is 0.708. The van der Waals surface area contributed by atoms with Gasteiger partial charge in [0.1, 0.15) is 5.52 Å². The molecule has 0 saturated heterocycles. The van der Waals surface area contributed by atoms with Crippen molar-refractivity contribution in [3.8, 4) is 11.5 Å². The number of halogens is 1. The Hall–Kier alpha value is -2.00. The summed E-state index contributed by atoms with van der Waals surface area (Å²) >= 11 is 5.88. The molecule has 2 aromatic carbocycles. The van der Waals surface area contributed by atoms with E-state index in [0.29, 0.717) is 16.6 Å². The van der Waals surface area contributed by atoms with Gasteiger partial charge in [-0.05, 0) is 48.4 Å². The number of hydrogen-bond acceptors (Lipinski definition) is 3. The van der Waals surface area contributed by atoms with E-state index in [4.69, 9.17) is 21.8 Å². The standard InChI is InChI=1S/C15H13ClN2O/c1-2-9-7-12(17)8-13-14(9)19-15(18-13)10-3-5-11(16)6-4-10/h3-8H,2,17H2,1H3. The average Bonchev–Trinajstić information content (AvgIpc) is 2.82. The summed E-state index contributed by atoms with van der Waals surface area (Å²) in [7, 11) is 0. The van der Waals surface area contributed by atoms with Gasteiger partial charge in [0.25, 0.3) is 0 Å². The fraction of sp³-hybridized carbons (Fsp3) is 0.133. The molecule has 2 N–H and O–H groups in total. The summed E-state index contributed by atoms with van der Waals surface area (Å²) in [5, 5.41) is 0.693. The minimum Gasteiger partial charge on any atom is -0.436 e. The van der Waals surface area contributed by atoms with E-state index in [2.05, 4.69) is 11.9 Å². The fourth-order valence-electron chi connectivity index (χ4n) is 2.10. The van der Waals surface area contributed by atoms with Crippen molar-refractivity contribution < 1.29 is 4.42 Å². The summed E-state index contributed by atoms with van der Waals surface area (Å²) in [5.41, 5.74) is 10.2. The Labute approximate surface area is 116 Å². The third-order valence-corrected chi connectivity index (χ3v) is 3.31. The van der Waals surface area contributed by atoms with Crippen LogP contribution in [0.25, 0.3) is 22.6 Å². The van der Waals surface area contributed by atoms with E-state index in [1.165, 1.54) is 0 Å². The van der Waals surface area contributed by atoms with Crippen LogP contribution in [0.3, 0.4) is 0 Å². The van der Waals surface area contributed by atoms with Crippen molar-refractivity contribution in [3.63, 3.8) is 0 Å². The van der Waals surface area contributed by atoms with Gasteiger partial charge in [-0.1, -0.05) is 18.5 Å². The smallest absolute Gasteiger partial charge is 0.227 e. The molecule has 0 spiro atoms. The highest BCUT2D eigenvalue weighted by molar-refractivity contribution is 6.30. The Balaban J connectivity index is 2.18. The molecule has 0 bridgehead atoms. The van der Waals surface area contributed by atoms with Crippen molar-refractivity contribution in [2.75, 3.05) is 5.73 Å². The number of hydrogen-bond donors (Lipinski definition) is 1. The van der Waals surface area contributed by atoms with E-state index < -0.39 is 0 Å². The number of aromatic nitrogens is 1. The van der Waals surface area contributed by atoms with Crippen molar-refractivity contribution in [2.24, 2.45) is 0 Å². The molecule has 0 aliphatic rings. The van der Waals surface area contributed by atoms with Gasteiger partial charge in [0.15, 0.2) is 5.58 Å². The lowest BCUT2D eigenvalue weighted by Crippen LogP contribution is -1.88. The number of aryl methyl sites for hydroxylation is 1. The maximum Gasteiger partial charge on any atom is 0.227 e. The zero-order valence-corrected chi connectivity index (χ0v) is 11.2. The van der Waals surface area contributed by atoms with Crippen molar-refractivity contribution in [1.82, 2.24) is 4.98 Å². The molecule has 0 aliphatic heterocycles. The molecule has 0 aliphatic carbocycles. The molecule has 3 aromatic rings. The maximum absolute atomic E-state index is 5.88. The normalized spacial score (nSPS) is 11.1. The molecule has 0 atom stereocenters. The van der Waals surface area contributed by atoms with Gasteiger partial charge in [0.2, 0.25) is 5.89 Å². The first-order valence-electron chi connectivity index (χ1n) is 6.12. The monoisotopic (exact) mass is 272 g/mol. The number of nitrogens with two attached hydrogens (primary N) is 1. The van der Waals surface area contributed by atoms with Crippen LogP contribution in [-0.4, -0.2) is 4.98 Å². The van der Waals surface area contributed by atoms with E-state index in [1.807, 2.05) is 36.4 Å². The van der Waals surface area contributed by atoms with Crippen molar-refractivity contribution in [3.05, 3.63) is 47.0 Å². The Morgan fingerprint density at radius 3 is 2.63 bits per heavy atom. The number of oxazole rings is 1. The molecule has 4 heteroatoms. The SMILES string of the molecule is CCc1cc(N)cc2nc(-c3ccc(Cl)cc3)oc12. The third-order valence-electron chi connectivity index (χ3n) is 3.06. The number of rotatable bonds is 2. The summed E-state index contributed by atoms with van der Waals surface area (Å²) in [6.07, 6.45) is 0.858. The molecule has 0 fully saturated rings. The maximum atomic E-state index is 5.88. The lowest BCUT2D eigenvalue weighted by Gasteiger charge is -1.98. The van der Waals surface area contributed by atoms with Gasteiger partial charge in [0.05, 0.1) is 0 Å². The Morgan fingerprint density at radius 1 is 1.21 bits per heavy atom. The topological polar surface area (TPSA) is 52.0 Å². The van der Waals surface area contributed by atoms with E-state index >= 15 is 0 Å². The van der Waals surface area contributed by atoms with Gasteiger partial charge in [-0.2, -0.15) is 0 Å². The molecule has 19 heavy (non-hydrogen) atoms. The summed E-state index contributed by atoms with van der Waals surface area (Å²) in [5.74, 6) is 0.590. The van der Waals surface area contributed by atoms with Crippen LogP contribution in [0.1, 0.15) is 12.5 Å². The third kappa shape index (κ3) is 2.17. The number of nitrogen functional groups attached to an aromatic ring is 1. The van der Waals surface area contributed by atoms with Crippen molar-refractivity contribution >= 4 is 28.4 Å². The Kier molecular flexibility index (Phi) is 2.91. The van der Waals surface area contributed by atoms with Crippen LogP contribution in [0.15, 0.2) is 40.8 Å². The summed E-state index contributed by atoms with van der Waals surface area (Å²) in [6, 6.07) is 11.2. The van der Waals surface area contributed by atoms with Crippen LogP contribution in [0, 0.1) is 0 Å². The second-order valence-corrected chi connectivity index (χ2v) is 4.84.